The van der Waals surface area contributed by atoms with Gasteiger partial charge in [0.05, 0.1) is 14.2 Å². The zero-order valence-electron chi connectivity index (χ0n) is 18.8. The Morgan fingerprint density at radius 2 is 1.70 bits per heavy atom. The number of nitrogens with one attached hydrogen (secondary N) is 2. The van der Waals surface area contributed by atoms with Crippen LogP contribution < -0.4 is 24.8 Å². The molecule has 2 aromatic carbocycles. The number of halogens is 2. The molecule has 0 atom stereocenters. The first-order valence-corrected chi connectivity index (χ1v) is 10.1. The van der Waals surface area contributed by atoms with Crippen LogP contribution in [0.2, 0.25) is 0 Å². The van der Waals surface area contributed by atoms with Crippen molar-refractivity contribution < 1.29 is 18.6 Å². The van der Waals surface area contributed by atoms with E-state index >= 15 is 0 Å². The molecule has 9 heteroatoms. The Balaban J connectivity index is 0.00000385. The van der Waals surface area contributed by atoms with Gasteiger partial charge in [0.2, 0.25) is 5.88 Å². The maximum absolute atomic E-state index is 13.0. The summed E-state index contributed by atoms with van der Waals surface area (Å²) < 4.78 is 29.4. The van der Waals surface area contributed by atoms with Crippen molar-refractivity contribution in [2.75, 3.05) is 27.8 Å². The zero-order chi connectivity index (χ0) is 22.8. The molecule has 1 heterocycles. The molecule has 0 aliphatic carbocycles. The zero-order valence-corrected chi connectivity index (χ0v) is 21.1. The van der Waals surface area contributed by atoms with E-state index in [-0.39, 0.29) is 29.8 Å². The number of benzene rings is 2. The largest absolute Gasteiger partial charge is 0.493 e. The van der Waals surface area contributed by atoms with Crippen molar-refractivity contribution >= 4 is 29.9 Å². The van der Waals surface area contributed by atoms with Crippen molar-refractivity contribution in [3.63, 3.8) is 0 Å². The van der Waals surface area contributed by atoms with E-state index in [0.29, 0.717) is 42.2 Å². The van der Waals surface area contributed by atoms with Gasteiger partial charge >= 0.3 is 0 Å². The Bertz CT molecular complexity index is 1050. The van der Waals surface area contributed by atoms with Crippen molar-refractivity contribution in [2.24, 2.45) is 4.99 Å². The van der Waals surface area contributed by atoms with Crippen molar-refractivity contribution in [3.05, 3.63) is 77.7 Å². The third-order valence-corrected chi connectivity index (χ3v) is 4.67. The monoisotopic (exact) mass is 566 g/mol. The molecular formula is C24H28FIN4O3. The van der Waals surface area contributed by atoms with E-state index in [2.05, 4.69) is 20.6 Å². The molecule has 0 unspecified atom stereocenters. The van der Waals surface area contributed by atoms with Gasteiger partial charge in [-0.2, -0.15) is 0 Å². The first-order valence-electron chi connectivity index (χ1n) is 10.1. The Labute approximate surface area is 210 Å². The van der Waals surface area contributed by atoms with Gasteiger partial charge in [-0.3, -0.25) is 4.99 Å². The lowest BCUT2D eigenvalue weighted by molar-refractivity contribution is 0.354. The highest BCUT2D eigenvalue weighted by Crippen LogP contribution is 2.27. The summed E-state index contributed by atoms with van der Waals surface area (Å²) >= 11 is 0. The van der Waals surface area contributed by atoms with E-state index in [0.717, 1.165) is 17.5 Å². The van der Waals surface area contributed by atoms with Crippen LogP contribution in [0.4, 0.5) is 4.39 Å². The Morgan fingerprint density at radius 1 is 0.939 bits per heavy atom. The maximum atomic E-state index is 13.0. The number of aliphatic imine (C=N–C) groups is 1. The van der Waals surface area contributed by atoms with Gasteiger partial charge in [-0.1, -0.05) is 6.07 Å². The van der Waals surface area contributed by atoms with Gasteiger partial charge in [-0.15, -0.1) is 24.0 Å². The van der Waals surface area contributed by atoms with Crippen molar-refractivity contribution in [3.8, 4) is 23.1 Å². The minimum absolute atomic E-state index is 0. The number of hydrogen-bond acceptors (Lipinski definition) is 5. The molecule has 33 heavy (non-hydrogen) atoms. The fraction of sp³-hybridized carbons (Fsp3) is 0.250. The van der Waals surface area contributed by atoms with E-state index in [4.69, 9.17) is 14.2 Å². The van der Waals surface area contributed by atoms with Crippen LogP contribution in [0.15, 0.2) is 65.8 Å². The molecule has 0 aliphatic heterocycles. The molecule has 0 saturated heterocycles. The predicted octanol–water partition coefficient (Wildman–Crippen LogP) is 4.56. The van der Waals surface area contributed by atoms with Gasteiger partial charge in [-0.25, -0.2) is 9.37 Å². The molecule has 3 rings (SSSR count). The summed E-state index contributed by atoms with van der Waals surface area (Å²) in [5.41, 5.74) is 2.10. The first-order chi connectivity index (χ1) is 15.6. The molecule has 0 saturated carbocycles. The Hall–Kier alpha value is -3.08. The van der Waals surface area contributed by atoms with Crippen LogP contribution in [0.1, 0.15) is 11.1 Å². The van der Waals surface area contributed by atoms with Crippen molar-refractivity contribution in [1.82, 2.24) is 15.6 Å². The second-order valence-corrected chi connectivity index (χ2v) is 6.85. The summed E-state index contributed by atoms with van der Waals surface area (Å²) in [5, 5.41) is 6.57. The summed E-state index contributed by atoms with van der Waals surface area (Å²) in [6, 6.07) is 15.4. The van der Waals surface area contributed by atoms with Crippen LogP contribution in [0.25, 0.3) is 0 Å². The van der Waals surface area contributed by atoms with Crippen LogP contribution in [-0.2, 0) is 13.0 Å². The van der Waals surface area contributed by atoms with E-state index in [1.165, 1.54) is 12.1 Å². The topological polar surface area (TPSA) is 77.0 Å². The first kappa shape index (κ1) is 26.2. The fourth-order valence-corrected chi connectivity index (χ4v) is 3.01. The quantitative estimate of drug-likeness (QED) is 0.225. The molecule has 1 aromatic heterocycles. The number of ether oxygens (including phenoxy) is 3. The minimum Gasteiger partial charge on any atom is -0.493 e. The molecule has 7 nitrogen and oxygen atoms in total. The number of aromatic nitrogens is 1. The van der Waals surface area contributed by atoms with Gasteiger partial charge in [-0.05, 0) is 60.0 Å². The molecule has 0 radical (unpaired) electrons. The third kappa shape index (κ3) is 8.08. The second-order valence-electron chi connectivity index (χ2n) is 6.85. The molecule has 0 fully saturated rings. The lowest BCUT2D eigenvalue weighted by Gasteiger charge is -2.13. The highest BCUT2D eigenvalue weighted by molar-refractivity contribution is 14.0. The molecule has 0 bridgehead atoms. The van der Waals surface area contributed by atoms with Crippen molar-refractivity contribution in [2.45, 2.75) is 13.0 Å². The number of pyridine rings is 1. The standard InChI is InChI=1S/C24H27FN4O3.HI/c1-26-24(28-13-10-17-4-9-21(30-2)22(14-17)31-3)29-16-18-11-12-27-23(15-18)32-20-7-5-19(25)6-8-20;/h4-9,11-12,14-15H,10,13,16H2,1-3H3,(H2,26,28,29);1H. The van der Waals surface area contributed by atoms with E-state index in [9.17, 15) is 4.39 Å². The lowest BCUT2D eigenvalue weighted by Crippen LogP contribution is -2.37. The highest BCUT2D eigenvalue weighted by atomic mass is 127. The number of hydrogen-bond donors (Lipinski definition) is 2. The van der Waals surface area contributed by atoms with E-state index in [1.54, 1.807) is 39.6 Å². The molecule has 176 valence electrons. The molecule has 2 N–H and O–H groups in total. The summed E-state index contributed by atoms with van der Waals surface area (Å²) in [7, 11) is 4.97. The van der Waals surface area contributed by atoms with Crippen LogP contribution in [0.3, 0.4) is 0 Å². The summed E-state index contributed by atoms with van der Waals surface area (Å²) in [6.07, 6.45) is 2.47. The van der Waals surface area contributed by atoms with Crippen LogP contribution in [-0.4, -0.2) is 38.8 Å². The van der Waals surface area contributed by atoms with Gasteiger partial charge in [0.1, 0.15) is 11.6 Å². The fourth-order valence-electron chi connectivity index (χ4n) is 3.01. The second kappa shape index (κ2) is 13.5. The van der Waals surface area contributed by atoms with Gasteiger partial charge in [0.15, 0.2) is 17.5 Å². The normalized spacial score (nSPS) is 10.7. The minimum atomic E-state index is -0.312. The van der Waals surface area contributed by atoms with Gasteiger partial charge in [0, 0.05) is 32.4 Å². The SMILES string of the molecule is CN=C(NCCc1ccc(OC)c(OC)c1)NCc1ccnc(Oc2ccc(F)cc2)c1.I. The van der Waals surface area contributed by atoms with Crippen LogP contribution in [0, 0.1) is 5.82 Å². The number of rotatable bonds is 9. The van der Waals surface area contributed by atoms with Gasteiger partial charge in [0.25, 0.3) is 0 Å². The summed E-state index contributed by atoms with van der Waals surface area (Å²) in [5.74, 6) is 2.76. The molecule has 0 amide bonds. The van der Waals surface area contributed by atoms with Crippen molar-refractivity contribution in [1.29, 1.82) is 0 Å². The highest BCUT2D eigenvalue weighted by Gasteiger charge is 2.06. The Kier molecular flexibility index (Phi) is 10.7. The summed E-state index contributed by atoms with van der Waals surface area (Å²) in [4.78, 5) is 8.47. The van der Waals surface area contributed by atoms with E-state index < -0.39 is 0 Å². The maximum Gasteiger partial charge on any atom is 0.219 e. The molecule has 0 spiro atoms. The molecule has 0 aliphatic rings. The smallest absolute Gasteiger partial charge is 0.219 e. The predicted molar refractivity (Wildman–Crippen MR) is 138 cm³/mol. The number of methoxy groups -OCH3 is 2. The van der Waals surface area contributed by atoms with Crippen LogP contribution >= 0.6 is 24.0 Å². The Morgan fingerprint density at radius 3 is 2.39 bits per heavy atom. The average Bonchev–Trinajstić information content (AvgIpc) is 2.82. The molecular weight excluding hydrogens is 538 g/mol. The lowest BCUT2D eigenvalue weighted by atomic mass is 10.1. The molecule has 3 aromatic rings. The number of nitrogens with zero attached hydrogens (tertiary/aromatic N) is 2. The average molecular weight is 566 g/mol. The summed E-state index contributed by atoms with van der Waals surface area (Å²) in [6.45, 7) is 1.24. The van der Waals surface area contributed by atoms with Gasteiger partial charge < -0.3 is 24.8 Å². The third-order valence-electron chi connectivity index (χ3n) is 4.67. The van der Waals surface area contributed by atoms with Crippen LogP contribution in [0.5, 0.6) is 23.1 Å². The number of guanidine groups is 1. The van der Waals surface area contributed by atoms with E-state index in [1.807, 2.05) is 30.3 Å².